The Morgan fingerprint density at radius 2 is 2.06 bits per heavy atom. The van der Waals surface area contributed by atoms with Crippen LogP contribution in [0.25, 0.3) is 0 Å². The molecule has 0 spiro atoms. The summed E-state index contributed by atoms with van der Waals surface area (Å²) in [4.78, 5) is 10.8. The molecule has 0 aromatic heterocycles. The highest BCUT2D eigenvalue weighted by Gasteiger charge is 2.35. The fourth-order valence-electron chi connectivity index (χ4n) is 1.56. The minimum absolute atomic E-state index is 0.269. The summed E-state index contributed by atoms with van der Waals surface area (Å²) in [5.41, 5.74) is 8.19. The van der Waals surface area contributed by atoms with Crippen LogP contribution in [0.3, 0.4) is 0 Å². The van der Waals surface area contributed by atoms with Crippen LogP contribution in [-0.4, -0.2) is 11.1 Å². The van der Waals surface area contributed by atoms with Crippen molar-refractivity contribution >= 4 is 5.97 Å². The molecular formula is C12H9N2O3. The highest BCUT2D eigenvalue weighted by Crippen LogP contribution is 2.33. The summed E-state index contributed by atoms with van der Waals surface area (Å²) in [6.07, 6.45) is 4.27. The van der Waals surface area contributed by atoms with Gasteiger partial charge in [0.25, 0.3) is 5.72 Å². The van der Waals surface area contributed by atoms with Crippen LogP contribution < -0.4 is 5.53 Å². The fraction of sp³-hybridized carbons (Fsp3) is 0.0833. The second kappa shape index (κ2) is 4.21. The lowest BCUT2D eigenvalue weighted by Gasteiger charge is -2.27. The van der Waals surface area contributed by atoms with Gasteiger partial charge in [-0.2, -0.15) is 0 Å². The number of carboxylic acid groups (broad SMARTS) is 1. The summed E-state index contributed by atoms with van der Waals surface area (Å²) >= 11 is 0. The second-order valence-corrected chi connectivity index (χ2v) is 3.46. The Balaban J connectivity index is 2.42. The van der Waals surface area contributed by atoms with Crippen LogP contribution in [-0.2, 0) is 15.3 Å². The van der Waals surface area contributed by atoms with E-state index in [9.17, 15) is 4.79 Å². The third-order valence-electron chi connectivity index (χ3n) is 2.38. The maximum atomic E-state index is 10.8. The molecule has 1 aromatic carbocycles. The van der Waals surface area contributed by atoms with Crippen LogP contribution in [0.1, 0.15) is 5.56 Å². The molecule has 1 unspecified atom stereocenters. The molecule has 0 saturated carbocycles. The minimum atomic E-state index is -1.48. The van der Waals surface area contributed by atoms with E-state index in [-0.39, 0.29) is 5.76 Å². The van der Waals surface area contributed by atoms with Gasteiger partial charge in [-0.3, -0.25) is 0 Å². The van der Waals surface area contributed by atoms with Gasteiger partial charge in [0, 0.05) is 5.56 Å². The lowest BCUT2D eigenvalue weighted by atomic mass is 10.0. The summed E-state index contributed by atoms with van der Waals surface area (Å²) in [5, 5.41) is 12.0. The molecule has 1 radical (unpaired) electrons. The molecule has 5 nitrogen and oxygen atoms in total. The lowest BCUT2D eigenvalue weighted by molar-refractivity contribution is -0.139. The van der Waals surface area contributed by atoms with E-state index in [0.717, 1.165) is 0 Å². The first kappa shape index (κ1) is 11.1. The number of carboxylic acids is 1. The summed E-state index contributed by atoms with van der Waals surface area (Å²) in [6, 6.07) is 8.68. The number of carbonyl (C=O) groups is 1. The normalized spacial score (nSPS) is 22.5. The molecular weight excluding hydrogens is 220 g/mol. The number of hydrogen-bond acceptors (Lipinski definition) is 3. The zero-order chi connectivity index (χ0) is 12.3. The SMILES string of the molecule is [N]=NC1(c2ccccc2)C=CC=C(C(=O)O)O1. The molecule has 0 saturated heterocycles. The van der Waals surface area contributed by atoms with Gasteiger partial charge in [0.15, 0.2) is 0 Å². The van der Waals surface area contributed by atoms with Gasteiger partial charge in [-0.05, 0) is 17.7 Å². The number of nitrogens with zero attached hydrogens (tertiary/aromatic N) is 2. The van der Waals surface area contributed by atoms with E-state index in [1.165, 1.54) is 18.2 Å². The molecule has 1 atom stereocenters. The fourth-order valence-corrected chi connectivity index (χ4v) is 1.56. The van der Waals surface area contributed by atoms with E-state index < -0.39 is 11.7 Å². The zero-order valence-electron chi connectivity index (χ0n) is 8.78. The zero-order valence-corrected chi connectivity index (χ0v) is 8.78. The highest BCUT2D eigenvalue weighted by molar-refractivity contribution is 5.85. The molecule has 1 aliphatic heterocycles. The van der Waals surface area contributed by atoms with Gasteiger partial charge in [-0.15, -0.1) is 5.11 Å². The first-order chi connectivity index (χ1) is 8.18. The van der Waals surface area contributed by atoms with Crippen LogP contribution in [0.2, 0.25) is 0 Å². The van der Waals surface area contributed by atoms with Crippen LogP contribution in [0.4, 0.5) is 0 Å². The van der Waals surface area contributed by atoms with Gasteiger partial charge in [-0.25, -0.2) is 4.79 Å². The van der Waals surface area contributed by atoms with Gasteiger partial charge in [0.2, 0.25) is 5.76 Å². The highest BCUT2D eigenvalue weighted by atomic mass is 16.5. The van der Waals surface area contributed by atoms with Crippen molar-refractivity contribution < 1.29 is 14.6 Å². The molecule has 2 rings (SSSR count). The standard InChI is InChI=1S/C12H9N2O3/c13-14-12(9-5-2-1-3-6-9)8-4-7-10(17-12)11(15)16/h1-8H,(H,15,16). The molecule has 17 heavy (non-hydrogen) atoms. The molecule has 0 aliphatic carbocycles. The van der Waals surface area contributed by atoms with Crippen molar-refractivity contribution in [1.29, 1.82) is 0 Å². The van der Waals surface area contributed by atoms with Gasteiger partial charge >= 0.3 is 5.97 Å². The summed E-state index contributed by atoms with van der Waals surface area (Å²) in [7, 11) is 0. The smallest absolute Gasteiger partial charge is 0.371 e. The Kier molecular flexibility index (Phi) is 2.74. The van der Waals surface area contributed by atoms with Crippen molar-refractivity contribution in [3.63, 3.8) is 0 Å². The van der Waals surface area contributed by atoms with Crippen molar-refractivity contribution in [2.24, 2.45) is 5.11 Å². The molecule has 85 valence electrons. The Bertz CT molecular complexity index is 508. The molecule has 1 aromatic rings. The molecule has 0 bridgehead atoms. The van der Waals surface area contributed by atoms with E-state index in [0.29, 0.717) is 5.56 Å². The number of rotatable bonds is 3. The Morgan fingerprint density at radius 3 is 2.65 bits per heavy atom. The van der Waals surface area contributed by atoms with Gasteiger partial charge < -0.3 is 9.84 Å². The van der Waals surface area contributed by atoms with E-state index in [1.54, 1.807) is 30.3 Å². The van der Waals surface area contributed by atoms with E-state index in [2.05, 4.69) is 5.11 Å². The van der Waals surface area contributed by atoms with Gasteiger partial charge in [0.05, 0.1) is 0 Å². The first-order valence-corrected chi connectivity index (χ1v) is 4.91. The van der Waals surface area contributed by atoms with Crippen molar-refractivity contribution in [1.82, 2.24) is 5.53 Å². The van der Waals surface area contributed by atoms with Crippen molar-refractivity contribution in [2.75, 3.05) is 0 Å². The third-order valence-corrected chi connectivity index (χ3v) is 2.38. The molecule has 1 aliphatic rings. The van der Waals surface area contributed by atoms with Crippen molar-refractivity contribution in [2.45, 2.75) is 5.72 Å². The van der Waals surface area contributed by atoms with Crippen molar-refractivity contribution in [3.05, 3.63) is 59.9 Å². The lowest BCUT2D eigenvalue weighted by Crippen LogP contribution is -2.28. The van der Waals surface area contributed by atoms with Gasteiger partial charge in [-0.1, -0.05) is 36.4 Å². The largest absolute Gasteiger partial charge is 0.475 e. The maximum Gasteiger partial charge on any atom is 0.371 e. The topological polar surface area (TPSA) is 81.2 Å². The van der Waals surface area contributed by atoms with E-state index >= 15 is 0 Å². The van der Waals surface area contributed by atoms with E-state index in [4.69, 9.17) is 15.4 Å². The summed E-state index contributed by atoms with van der Waals surface area (Å²) < 4.78 is 5.23. The molecule has 5 heteroatoms. The Hall–Kier alpha value is -2.43. The predicted octanol–water partition coefficient (Wildman–Crippen LogP) is 1.65. The summed E-state index contributed by atoms with van der Waals surface area (Å²) in [6.45, 7) is 0. The average molecular weight is 229 g/mol. The van der Waals surface area contributed by atoms with Crippen LogP contribution >= 0.6 is 0 Å². The number of benzene rings is 1. The minimum Gasteiger partial charge on any atom is -0.475 e. The first-order valence-electron chi connectivity index (χ1n) is 4.91. The maximum absolute atomic E-state index is 10.8. The van der Waals surface area contributed by atoms with Crippen LogP contribution in [0.5, 0.6) is 0 Å². The molecule has 1 heterocycles. The van der Waals surface area contributed by atoms with Crippen LogP contribution in [0, 0.1) is 0 Å². The Labute approximate surface area is 97.5 Å². The van der Waals surface area contributed by atoms with Crippen LogP contribution in [0.15, 0.2) is 59.4 Å². The number of hydrogen-bond donors (Lipinski definition) is 1. The molecule has 1 N–H and O–H groups in total. The average Bonchev–Trinajstić information content (AvgIpc) is 2.39. The third kappa shape index (κ3) is 1.94. The predicted molar refractivity (Wildman–Crippen MR) is 58.6 cm³/mol. The van der Waals surface area contributed by atoms with E-state index in [1.807, 2.05) is 0 Å². The summed E-state index contributed by atoms with van der Waals surface area (Å²) in [5.74, 6) is -1.48. The Morgan fingerprint density at radius 1 is 1.35 bits per heavy atom. The molecule has 0 amide bonds. The quantitative estimate of drug-likeness (QED) is 0.800. The number of allylic oxidation sites excluding steroid dienone is 2. The van der Waals surface area contributed by atoms with Crippen molar-refractivity contribution in [3.8, 4) is 0 Å². The monoisotopic (exact) mass is 229 g/mol. The second-order valence-electron chi connectivity index (χ2n) is 3.46. The number of ether oxygens (including phenoxy) is 1. The molecule has 0 fully saturated rings. The number of aliphatic carboxylic acids is 1. The van der Waals surface area contributed by atoms with Gasteiger partial charge in [0.1, 0.15) is 0 Å².